The van der Waals surface area contributed by atoms with Gasteiger partial charge in [-0.25, -0.2) is 21.6 Å². The van der Waals surface area contributed by atoms with Crippen molar-refractivity contribution in [1.29, 1.82) is 0 Å². The van der Waals surface area contributed by atoms with Crippen molar-refractivity contribution in [1.82, 2.24) is 19.9 Å². The molecule has 0 aliphatic carbocycles. The fourth-order valence-corrected chi connectivity index (χ4v) is 9.06. The largest absolute Gasteiger partial charge is 0.508 e. The molecular weight excluding hydrogens is 643 g/mol. The van der Waals surface area contributed by atoms with Crippen molar-refractivity contribution >= 4 is 37.3 Å². The number of anilines is 1. The molecule has 0 bridgehead atoms. The van der Waals surface area contributed by atoms with E-state index in [1.165, 1.54) is 36.7 Å². The monoisotopic (exact) mass is 683 g/mol. The second-order valence-electron chi connectivity index (χ2n) is 13.6. The standard InChI is InChI=1S/C35H40F3N5O4S/c1-3-25-28(37)10-9-21-14-23(44)15-26(29(21)25)31-30(38)32-27(17-39-31)33(42-12-6-4-5-8-24(19-42)48(2,45)46)41-34(40-32)47-20-35-11-7-13-43(35)18-22(36)16-35/h9-10,14-15,17,22,24,44H,3-8,11-13,16,18-20H2,1-2H3/t22-,24?,35+/m1/s1. The summed E-state index contributed by atoms with van der Waals surface area (Å²) in [6.07, 6.45) is 6.96. The lowest BCUT2D eigenvalue weighted by Gasteiger charge is -2.32. The smallest absolute Gasteiger partial charge is 0.319 e. The van der Waals surface area contributed by atoms with Crippen molar-refractivity contribution in [3.8, 4) is 23.0 Å². The molecule has 3 saturated heterocycles. The average molecular weight is 684 g/mol. The van der Waals surface area contributed by atoms with Crippen LogP contribution < -0.4 is 9.64 Å². The number of aromatic nitrogens is 3. The third-order valence-electron chi connectivity index (χ3n) is 10.4. The van der Waals surface area contributed by atoms with Crippen molar-refractivity contribution < 1.29 is 31.4 Å². The number of pyridine rings is 1. The Hall–Kier alpha value is -3.71. The van der Waals surface area contributed by atoms with Gasteiger partial charge in [0.1, 0.15) is 41.4 Å². The number of hydrogen-bond acceptors (Lipinski definition) is 9. The normalized spacial score (nSPS) is 23.8. The van der Waals surface area contributed by atoms with Gasteiger partial charge in [-0.15, -0.1) is 0 Å². The van der Waals surface area contributed by atoms with Gasteiger partial charge < -0.3 is 14.7 Å². The highest BCUT2D eigenvalue weighted by molar-refractivity contribution is 7.91. The van der Waals surface area contributed by atoms with E-state index >= 15 is 4.39 Å². The first kappa shape index (κ1) is 32.8. The summed E-state index contributed by atoms with van der Waals surface area (Å²) in [6, 6.07) is 5.63. The summed E-state index contributed by atoms with van der Waals surface area (Å²) in [7, 11) is -3.39. The summed E-state index contributed by atoms with van der Waals surface area (Å²) < 4.78 is 78.2. The van der Waals surface area contributed by atoms with Gasteiger partial charge in [0.25, 0.3) is 0 Å². The first-order valence-electron chi connectivity index (χ1n) is 16.7. The van der Waals surface area contributed by atoms with Crippen LogP contribution in [0.5, 0.6) is 11.8 Å². The molecular formula is C35H40F3N5O4S. The van der Waals surface area contributed by atoms with Crippen molar-refractivity contribution in [2.75, 3.05) is 43.9 Å². The molecule has 3 atom stereocenters. The number of nitrogens with zero attached hydrogens (tertiary/aromatic N) is 5. The maximum Gasteiger partial charge on any atom is 0.319 e. The lowest BCUT2D eigenvalue weighted by atomic mass is 9.94. The van der Waals surface area contributed by atoms with Gasteiger partial charge in [0.15, 0.2) is 15.7 Å². The Labute approximate surface area is 278 Å². The Morgan fingerprint density at radius 1 is 1.08 bits per heavy atom. The van der Waals surface area contributed by atoms with Gasteiger partial charge in [-0.2, -0.15) is 9.97 Å². The maximum absolute atomic E-state index is 16.9. The minimum Gasteiger partial charge on any atom is -0.508 e. The number of ether oxygens (including phenoxy) is 1. The number of aromatic hydroxyl groups is 1. The van der Waals surface area contributed by atoms with Crippen molar-refractivity contribution in [3.05, 3.63) is 47.7 Å². The highest BCUT2D eigenvalue weighted by Crippen LogP contribution is 2.42. The van der Waals surface area contributed by atoms with E-state index in [2.05, 4.69) is 14.9 Å². The van der Waals surface area contributed by atoms with E-state index in [0.29, 0.717) is 54.5 Å². The number of rotatable bonds is 7. The van der Waals surface area contributed by atoms with Crippen molar-refractivity contribution in [2.24, 2.45) is 0 Å². The van der Waals surface area contributed by atoms with E-state index < -0.39 is 38.4 Å². The molecule has 1 N–H and O–H groups in total. The molecule has 0 saturated carbocycles. The minimum absolute atomic E-state index is 0.0977. The number of halogens is 3. The number of alkyl halides is 1. The maximum atomic E-state index is 16.9. The Bertz CT molecular complexity index is 2000. The zero-order valence-electron chi connectivity index (χ0n) is 27.2. The van der Waals surface area contributed by atoms with E-state index in [4.69, 9.17) is 9.72 Å². The second-order valence-corrected chi connectivity index (χ2v) is 15.9. The van der Waals surface area contributed by atoms with E-state index in [-0.39, 0.29) is 47.1 Å². The number of aryl methyl sites for hydroxylation is 1. The van der Waals surface area contributed by atoms with Crippen LogP contribution in [0, 0.1) is 11.6 Å². The molecule has 48 heavy (non-hydrogen) atoms. The quantitative estimate of drug-likeness (QED) is 0.246. The van der Waals surface area contributed by atoms with E-state index in [0.717, 1.165) is 38.6 Å². The fraction of sp³-hybridized carbons (Fsp3) is 0.514. The molecule has 3 fully saturated rings. The molecule has 3 aliphatic heterocycles. The second kappa shape index (κ2) is 12.6. The number of sulfone groups is 1. The fourth-order valence-electron chi connectivity index (χ4n) is 8.02. The predicted molar refractivity (Wildman–Crippen MR) is 179 cm³/mol. The van der Waals surface area contributed by atoms with Crippen LogP contribution in [0.3, 0.4) is 0 Å². The van der Waals surface area contributed by atoms with Gasteiger partial charge in [-0.05, 0) is 73.2 Å². The van der Waals surface area contributed by atoms with Crippen LogP contribution in [-0.2, 0) is 16.3 Å². The van der Waals surface area contributed by atoms with Crippen LogP contribution in [0.2, 0.25) is 0 Å². The molecule has 256 valence electrons. The van der Waals surface area contributed by atoms with E-state index in [1.54, 1.807) is 6.92 Å². The van der Waals surface area contributed by atoms with Crippen molar-refractivity contribution in [2.45, 2.75) is 75.3 Å². The molecule has 4 aromatic rings. The number of hydrogen-bond donors (Lipinski definition) is 1. The zero-order chi connectivity index (χ0) is 33.8. The van der Waals surface area contributed by atoms with Crippen LogP contribution in [-0.4, -0.2) is 89.4 Å². The molecule has 13 heteroatoms. The lowest BCUT2D eigenvalue weighted by Crippen LogP contribution is -2.43. The number of fused-ring (bicyclic) bond motifs is 3. The highest BCUT2D eigenvalue weighted by Gasteiger charge is 2.49. The van der Waals surface area contributed by atoms with Gasteiger partial charge in [-0.1, -0.05) is 25.8 Å². The van der Waals surface area contributed by atoms with Crippen LogP contribution in [0.4, 0.5) is 19.0 Å². The zero-order valence-corrected chi connectivity index (χ0v) is 28.0. The van der Waals surface area contributed by atoms with Gasteiger partial charge in [0, 0.05) is 44.1 Å². The van der Waals surface area contributed by atoms with Crippen LogP contribution in [0.1, 0.15) is 57.4 Å². The SMILES string of the molecule is CCc1c(F)ccc2cc(O)cc(-c3ncc4c(N5CCCCCC(S(C)(=O)=O)C5)nc(OC[C@@]56CCCN5C[C@H](F)C6)nc4c3F)c12. The van der Waals surface area contributed by atoms with Gasteiger partial charge >= 0.3 is 6.01 Å². The molecule has 2 aromatic heterocycles. The molecule has 2 aromatic carbocycles. The Balaban J connectivity index is 1.39. The lowest BCUT2D eigenvalue weighted by molar-refractivity contribution is 0.107. The third-order valence-corrected chi connectivity index (χ3v) is 12.0. The average Bonchev–Trinajstić information content (AvgIpc) is 3.55. The highest BCUT2D eigenvalue weighted by atomic mass is 32.2. The van der Waals surface area contributed by atoms with Crippen molar-refractivity contribution in [3.63, 3.8) is 0 Å². The predicted octanol–water partition coefficient (Wildman–Crippen LogP) is 6.14. The molecule has 7 rings (SSSR count). The van der Waals surface area contributed by atoms with Gasteiger partial charge in [0.2, 0.25) is 0 Å². The molecule has 9 nitrogen and oxygen atoms in total. The number of benzene rings is 2. The Morgan fingerprint density at radius 3 is 2.71 bits per heavy atom. The summed E-state index contributed by atoms with van der Waals surface area (Å²) in [5.41, 5.74) is -0.140. The summed E-state index contributed by atoms with van der Waals surface area (Å²) in [5.74, 6) is -1.08. The summed E-state index contributed by atoms with van der Waals surface area (Å²) in [5, 5.41) is 11.2. The Morgan fingerprint density at radius 2 is 1.92 bits per heavy atom. The first-order chi connectivity index (χ1) is 23.0. The van der Waals surface area contributed by atoms with E-state index in [1.807, 2.05) is 4.90 Å². The van der Waals surface area contributed by atoms with Gasteiger partial charge in [0.05, 0.1) is 16.2 Å². The van der Waals surface area contributed by atoms with Crippen LogP contribution >= 0.6 is 0 Å². The van der Waals surface area contributed by atoms with E-state index in [9.17, 15) is 22.3 Å². The number of phenols is 1. The number of phenolic OH excluding ortho intramolecular Hbond substituents is 1. The minimum atomic E-state index is -3.39. The molecule has 0 radical (unpaired) electrons. The molecule has 0 amide bonds. The molecule has 1 unspecified atom stereocenters. The summed E-state index contributed by atoms with van der Waals surface area (Å²) >= 11 is 0. The van der Waals surface area contributed by atoms with Crippen LogP contribution in [0.15, 0.2) is 30.5 Å². The molecule has 5 heterocycles. The first-order valence-corrected chi connectivity index (χ1v) is 18.7. The molecule has 0 spiro atoms. The topological polar surface area (TPSA) is 109 Å². The van der Waals surface area contributed by atoms with Crippen LogP contribution in [0.25, 0.3) is 32.9 Å². The molecule has 3 aliphatic rings. The van der Waals surface area contributed by atoms with Gasteiger partial charge in [-0.3, -0.25) is 9.88 Å². The Kier molecular flexibility index (Phi) is 8.64. The summed E-state index contributed by atoms with van der Waals surface area (Å²) in [4.78, 5) is 17.7. The summed E-state index contributed by atoms with van der Waals surface area (Å²) in [6.45, 7) is 3.69. The third kappa shape index (κ3) is 5.93.